The van der Waals surface area contributed by atoms with Gasteiger partial charge in [-0.1, -0.05) is 0 Å². The van der Waals surface area contributed by atoms with E-state index >= 15 is 0 Å². The van der Waals surface area contributed by atoms with Gasteiger partial charge in [0.05, 0.1) is 5.75 Å². The number of guanidine groups is 1. The summed E-state index contributed by atoms with van der Waals surface area (Å²) in [5.41, 5.74) is 0. The highest BCUT2D eigenvalue weighted by atomic mass is 32.2. The van der Waals surface area contributed by atoms with E-state index in [-0.39, 0.29) is 17.8 Å². The maximum absolute atomic E-state index is 12.4. The Morgan fingerprint density at radius 1 is 1.20 bits per heavy atom. The van der Waals surface area contributed by atoms with E-state index in [4.69, 9.17) is 4.74 Å². The van der Waals surface area contributed by atoms with Crippen LogP contribution in [-0.2, 0) is 19.6 Å². The van der Waals surface area contributed by atoms with Gasteiger partial charge in [0.15, 0.2) is 5.96 Å². The molecule has 9 nitrogen and oxygen atoms in total. The van der Waals surface area contributed by atoms with E-state index in [0.717, 1.165) is 18.8 Å². The van der Waals surface area contributed by atoms with Crippen molar-refractivity contribution >= 4 is 21.9 Å². The van der Waals surface area contributed by atoms with Crippen molar-refractivity contribution in [3.63, 3.8) is 0 Å². The maximum Gasteiger partial charge on any atom is 0.251 e. The van der Waals surface area contributed by atoms with Crippen LogP contribution in [0.1, 0.15) is 19.8 Å². The van der Waals surface area contributed by atoms with Gasteiger partial charge in [-0.15, -0.1) is 0 Å². The summed E-state index contributed by atoms with van der Waals surface area (Å²) in [6, 6.07) is 0. The molecule has 2 aliphatic heterocycles. The number of piperazine rings is 1. The molecule has 2 rings (SSSR count). The Morgan fingerprint density at radius 3 is 2.44 bits per heavy atom. The van der Waals surface area contributed by atoms with Crippen molar-refractivity contribution in [1.29, 1.82) is 0 Å². The Balaban J connectivity index is 1.73. The van der Waals surface area contributed by atoms with E-state index in [1.54, 1.807) is 14.0 Å². The third-order valence-electron chi connectivity index (χ3n) is 4.42. The fourth-order valence-corrected chi connectivity index (χ4v) is 3.55. The van der Waals surface area contributed by atoms with Crippen LogP contribution in [0.15, 0.2) is 4.99 Å². The molecule has 1 atom stereocenters. The second-order valence-corrected chi connectivity index (χ2v) is 8.18. The van der Waals surface area contributed by atoms with Gasteiger partial charge in [0.25, 0.3) is 5.91 Å². The van der Waals surface area contributed by atoms with E-state index in [9.17, 15) is 13.2 Å². The summed E-state index contributed by atoms with van der Waals surface area (Å²) in [5.74, 6) is 0.886. The zero-order valence-electron chi connectivity index (χ0n) is 15.0. The Bertz CT molecular complexity index is 566. The Kier molecular flexibility index (Phi) is 7.45. The van der Waals surface area contributed by atoms with Crippen LogP contribution in [0.3, 0.4) is 0 Å². The quantitative estimate of drug-likeness (QED) is 0.344. The number of nitrogens with one attached hydrogen (secondary N) is 2. The molecule has 0 saturated carbocycles. The summed E-state index contributed by atoms with van der Waals surface area (Å²) in [4.78, 5) is 20.5. The molecule has 144 valence electrons. The van der Waals surface area contributed by atoms with Gasteiger partial charge in [-0.05, 0) is 19.8 Å². The van der Waals surface area contributed by atoms with Crippen LogP contribution in [-0.4, -0.2) is 94.9 Å². The highest BCUT2D eigenvalue weighted by molar-refractivity contribution is 7.89. The molecule has 0 aromatic carbocycles. The zero-order valence-corrected chi connectivity index (χ0v) is 15.8. The molecule has 0 aromatic rings. The minimum absolute atomic E-state index is 0.0718. The minimum atomic E-state index is -3.17. The smallest absolute Gasteiger partial charge is 0.251 e. The number of aliphatic imine (C=N–C) groups is 1. The van der Waals surface area contributed by atoms with Crippen LogP contribution in [0.25, 0.3) is 0 Å². The maximum atomic E-state index is 12.4. The number of hydrogen-bond donors (Lipinski definition) is 2. The van der Waals surface area contributed by atoms with Gasteiger partial charge in [-0.2, -0.15) is 0 Å². The summed E-state index contributed by atoms with van der Waals surface area (Å²) < 4.78 is 30.8. The standard InChI is InChI=1S/C15H29N5O4S/c1-3-25(22,23)18-7-6-17-15(16-2)20-10-8-19(9-11-20)14(21)13-5-4-12-24-13/h13,18H,3-12H2,1-2H3,(H,16,17). The Labute approximate surface area is 149 Å². The van der Waals surface area contributed by atoms with Crippen LogP contribution in [0, 0.1) is 0 Å². The summed E-state index contributed by atoms with van der Waals surface area (Å²) >= 11 is 0. The highest BCUT2D eigenvalue weighted by Gasteiger charge is 2.30. The molecular weight excluding hydrogens is 346 g/mol. The molecule has 0 aliphatic carbocycles. The van der Waals surface area contributed by atoms with Crippen LogP contribution in [0.4, 0.5) is 0 Å². The number of hydrogen-bond acceptors (Lipinski definition) is 5. The molecule has 0 bridgehead atoms. The SMILES string of the molecule is CCS(=O)(=O)NCCNC(=NC)N1CCN(C(=O)C2CCCO2)CC1. The predicted molar refractivity (Wildman–Crippen MR) is 96.0 cm³/mol. The molecule has 0 spiro atoms. The van der Waals surface area contributed by atoms with Crippen molar-refractivity contribution in [3.05, 3.63) is 0 Å². The van der Waals surface area contributed by atoms with Gasteiger partial charge in [0, 0.05) is 52.9 Å². The molecule has 0 aromatic heterocycles. The number of sulfonamides is 1. The van der Waals surface area contributed by atoms with Crippen LogP contribution >= 0.6 is 0 Å². The molecule has 1 amide bonds. The van der Waals surface area contributed by atoms with E-state index in [2.05, 4.69) is 19.9 Å². The van der Waals surface area contributed by atoms with E-state index in [0.29, 0.717) is 45.9 Å². The molecule has 1 unspecified atom stereocenters. The second-order valence-electron chi connectivity index (χ2n) is 6.09. The van der Waals surface area contributed by atoms with E-state index in [1.807, 2.05) is 4.90 Å². The lowest BCUT2D eigenvalue weighted by atomic mass is 10.2. The predicted octanol–water partition coefficient (Wildman–Crippen LogP) is -1.18. The summed E-state index contributed by atoms with van der Waals surface area (Å²) in [6.45, 7) is 5.72. The molecule has 10 heteroatoms. The van der Waals surface area contributed by atoms with Gasteiger partial charge in [0.1, 0.15) is 6.10 Å². The number of nitrogens with zero attached hydrogens (tertiary/aromatic N) is 3. The zero-order chi connectivity index (χ0) is 18.3. The highest BCUT2D eigenvalue weighted by Crippen LogP contribution is 2.16. The lowest BCUT2D eigenvalue weighted by Crippen LogP contribution is -2.55. The van der Waals surface area contributed by atoms with Crippen molar-refractivity contribution in [2.45, 2.75) is 25.9 Å². The van der Waals surface area contributed by atoms with Gasteiger partial charge < -0.3 is 19.9 Å². The first-order chi connectivity index (χ1) is 12.0. The average molecular weight is 375 g/mol. The molecule has 2 fully saturated rings. The fraction of sp³-hybridized carbons (Fsp3) is 0.867. The Morgan fingerprint density at radius 2 is 1.88 bits per heavy atom. The molecule has 0 radical (unpaired) electrons. The van der Waals surface area contributed by atoms with Crippen LogP contribution < -0.4 is 10.0 Å². The van der Waals surface area contributed by atoms with Crippen molar-refractivity contribution in [2.75, 3.05) is 58.7 Å². The summed E-state index contributed by atoms with van der Waals surface area (Å²) in [6.07, 6.45) is 1.50. The number of rotatable bonds is 6. The number of amides is 1. The van der Waals surface area contributed by atoms with E-state index < -0.39 is 10.0 Å². The Hall–Kier alpha value is -1.39. The second kappa shape index (κ2) is 9.35. The van der Waals surface area contributed by atoms with E-state index in [1.165, 1.54) is 0 Å². The molecule has 2 N–H and O–H groups in total. The monoisotopic (exact) mass is 375 g/mol. The van der Waals surface area contributed by atoms with Crippen molar-refractivity contribution in [2.24, 2.45) is 4.99 Å². The van der Waals surface area contributed by atoms with Gasteiger partial charge in [-0.25, -0.2) is 13.1 Å². The molecular formula is C15H29N5O4S. The van der Waals surface area contributed by atoms with Crippen LogP contribution in [0.2, 0.25) is 0 Å². The number of carbonyl (C=O) groups excluding carboxylic acids is 1. The first-order valence-corrected chi connectivity index (χ1v) is 10.5. The number of ether oxygens (including phenoxy) is 1. The first kappa shape index (κ1) is 19.9. The fourth-order valence-electron chi connectivity index (χ4n) is 2.93. The number of carbonyl (C=O) groups is 1. The topological polar surface area (TPSA) is 103 Å². The van der Waals surface area contributed by atoms with Gasteiger partial charge in [-0.3, -0.25) is 9.79 Å². The van der Waals surface area contributed by atoms with Gasteiger partial charge >= 0.3 is 0 Å². The van der Waals surface area contributed by atoms with Crippen LogP contribution in [0.5, 0.6) is 0 Å². The minimum Gasteiger partial charge on any atom is -0.368 e. The van der Waals surface area contributed by atoms with Crippen molar-refractivity contribution in [3.8, 4) is 0 Å². The average Bonchev–Trinajstić information content (AvgIpc) is 3.16. The third kappa shape index (κ3) is 5.82. The molecule has 25 heavy (non-hydrogen) atoms. The largest absolute Gasteiger partial charge is 0.368 e. The first-order valence-electron chi connectivity index (χ1n) is 8.80. The summed E-state index contributed by atoms with van der Waals surface area (Å²) in [7, 11) is -1.48. The lowest BCUT2D eigenvalue weighted by molar-refractivity contribution is -0.142. The normalized spacial score (nSPS) is 22.3. The van der Waals surface area contributed by atoms with Gasteiger partial charge in [0.2, 0.25) is 10.0 Å². The molecule has 2 saturated heterocycles. The third-order valence-corrected chi connectivity index (χ3v) is 5.82. The lowest BCUT2D eigenvalue weighted by Gasteiger charge is -2.37. The van der Waals surface area contributed by atoms with Crippen molar-refractivity contribution in [1.82, 2.24) is 19.8 Å². The molecule has 2 aliphatic rings. The van der Waals surface area contributed by atoms with Crippen molar-refractivity contribution < 1.29 is 17.9 Å². The summed E-state index contributed by atoms with van der Waals surface area (Å²) in [5, 5.41) is 3.16. The molecule has 2 heterocycles.